The molecule has 0 aliphatic carbocycles. The Hall–Kier alpha value is -2.15. The number of carbonyl (C=O) groups excluding carboxylic acids is 1. The fourth-order valence-electron chi connectivity index (χ4n) is 2.68. The van der Waals surface area contributed by atoms with E-state index >= 15 is 0 Å². The van der Waals surface area contributed by atoms with Crippen LogP contribution in [-0.2, 0) is 11.2 Å². The summed E-state index contributed by atoms with van der Waals surface area (Å²) in [6, 6.07) is 17.2. The van der Waals surface area contributed by atoms with Crippen molar-refractivity contribution in [2.45, 2.75) is 11.7 Å². The average Bonchev–Trinajstić information content (AvgIpc) is 3.27. The van der Waals surface area contributed by atoms with Gasteiger partial charge in [-0.2, -0.15) is 4.99 Å². The van der Waals surface area contributed by atoms with Crippen LogP contribution in [-0.4, -0.2) is 21.3 Å². The van der Waals surface area contributed by atoms with Gasteiger partial charge in [-0.15, -0.1) is 11.3 Å². The predicted octanol–water partition coefficient (Wildman–Crippen LogP) is 5.18. The van der Waals surface area contributed by atoms with Crippen molar-refractivity contribution in [3.63, 3.8) is 0 Å². The SMILES string of the molecule is O=C1[C@@H](Cc2ccc(Cl)cc2)SC(=Nc2nccs2)N1c1ccccc1. The minimum absolute atomic E-state index is 0.0338. The van der Waals surface area contributed by atoms with Gasteiger partial charge in [-0.3, -0.25) is 9.69 Å². The molecule has 0 bridgehead atoms. The molecule has 2 heterocycles. The lowest BCUT2D eigenvalue weighted by Gasteiger charge is -2.16. The second-order valence-corrected chi connectivity index (χ2v) is 8.13. The van der Waals surface area contributed by atoms with Crippen molar-refractivity contribution in [3.8, 4) is 0 Å². The molecule has 0 spiro atoms. The van der Waals surface area contributed by atoms with Crippen LogP contribution < -0.4 is 4.90 Å². The molecule has 1 fully saturated rings. The number of anilines is 1. The highest BCUT2D eigenvalue weighted by atomic mass is 35.5. The minimum Gasteiger partial charge on any atom is -0.273 e. The minimum atomic E-state index is -0.227. The van der Waals surface area contributed by atoms with E-state index in [-0.39, 0.29) is 11.2 Å². The van der Waals surface area contributed by atoms with Crippen LogP contribution in [0.5, 0.6) is 0 Å². The third-order valence-corrected chi connectivity index (χ3v) is 5.95. The maximum Gasteiger partial charge on any atom is 0.247 e. The summed E-state index contributed by atoms with van der Waals surface area (Å²) in [5.74, 6) is 0.0338. The lowest BCUT2D eigenvalue weighted by atomic mass is 10.1. The Balaban J connectivity index is 1.66. The van der Waals surface area contributed by atoms with Gasteiger partial charge in [-0.1, -0.05) is 53.7 Å². The zero-order valence-corrected chi connectivity index (χ0v) is 16.0. The van der Waals surface area contributed by atoms with Gasteiger partial charge >= 0.3 is 0 Å². The van der Waals surface area contributed by atoms with Crippen LogP contribution in [0, 0.1) is 0 Å². The first-order chi connectivity index (χ1) is 12.7. The topological polar surface area (TPSA) is 45.6 Å². The average molecular weight is 400 g/mol. The molecule has 0 saturated carbocycles. The number of hydrogen-bond acceptors (Lipinski definition) is 5. The van der Waals surface area contributed by atoms with Gasteiger partial charge in [-0.05, 0) is 36.2 Å². The number of amidine groups is 1. The fraction of sp³-hybridized carbons (Fsp3) is 0.105. The number of aliphatic imine (C=N–C) groups is 1. The van der Waals surface area contributed by atoms with E-state index in [4.69, 9.17) is 11.6 Å². The largest absolute Gasteiger partial charge is 0.273 e. The van der Waals surface area contributed by atoms with E-state index in [9.17, 15) is 4.79 Å². The summed E-state index contributed by atoms with van der Waals surface area (Å²) in [7, 11) is 0. The van der Waals surface area contributed by atoms with E-state index < -0.39 is 0 Å². The number of hydrogen-bond donors (Lipinski definition) is 0. The maximum absolute atomic E-state index is 13.1. The van der Waals surface area contributed by atoms with Crippen LogP contribution in [0.2, 0.25) is 5.02 Å². The molecule has 130 valence electrons. The van der Waals surface area contributed by atoms with Gasteiger partial charge < -0.3 is 0 Å². The third kappa shape index (κ3) is 3.67. The second-order valence-electron chi connectivity index (χ2n) is 5.66. The molecule has 3 aromatic rings. The standard InChI is InChI=1S/C19H14ClN3OS2/c20-14-8-6-13(7-9-14)12-16-17(24)23(15-4-2-1-3-5-15)19(26-16)22-18-21-10-11-25-18/h1-11,16H,12H2/t16-/m1/s1. The number of para-hydroxylation sites is 1. The number of benzene rings is 2. The Kier molecular flexibility index (Phi) is 5.06. The smallest absolute Gasteiger partial charge is 0.247 e. The van der Waals surface area contributed by atoms with Crippen molar-refractivity contribution in [2.24, 2.45) is 4.99 Å². The highest BCUT2D eigenvalue weighted by Crippen LogP contribution is 2.35. The predicted molar refractivity (Wildman–Crippen MR) is 110 cm³/mol. The normalized spacial score (nSPS) is 18.7. The van der Waals surface area contributed by atoms with Gasteiger partial charge in [-0.25, -0.2) is 4.98 Å². The molecule has 1 aliphatic heterocycles. The third-order valence-electron chi connectivity index (χ3n) is 3.89. The Bertz CT molecular complexity index is 927. The molecule has 0 radical (unpaired) electrons. The molecule has 0 unspecified atom stereocenters. The lowest BCUT2D eigenvalue weighted by Crippen LogP contribution is -2.32. The van der Waals surface area contributed by atoms with Crippen LogP contribution in [0.4, 0.5) is 10.8 Å². The van der Waals surface area contributed by atoms with Crippen LogP contribution >= 0.6 is 34.7 Å². The number of carbonyl (C=O) groups is 1. The molecule has 1 aromatic heterocycles. The van der Waals surface area contributed by atoms with Gasteiger partial charge in [0, 0.05) is 16.6 Å². The quantitative estimate of drug-likeness (QED) is 0.607. The number of amides is 1. The Morgan fingerprint density at radius 1 is 1.12 bits per heavy atom. The summed E-state index contributed by atoms with van der Waals surface area (Å²) in [6.07, 6.45) is 2.34. The van der Waals surface area contributed by atoms with Crippen molar-refractivity contribution in [3.05, 3.63) is 76.8 Å². The molecule has 1 atom stereocenters. The summed E-state index contributed by atoms with van der Waals surface area (Å²) in [4.78, 5) is 23.6. The first-order valence-electron chi connectivity index (χ1n) is 7.99. The van der Waals surface area contributed by atoms with E-state index in [1.54, 1.807) is 11.1 Å². The number of halogens is 1. The molecule has 1 amide bonds. The van der Waals surface area contributed by atoms with E-state index in [0.29, 0.717) is 21.7 Å². The molecule has 4 rings (SSSR count). The Morgan fingerprint density at radius 2 is 1.88 bits per heavy atom. The van der Waals surface area contributed by atoms with E-state index in [2.05, 4.69) is 9.98 Å². The summed E-state index contributed by atoms with van der Waals surface area (Å²) in [5.41, 5.74) is 1.89. The molecule has 7 heteroatoms. The number of aromatic nitrogens is 1. The molecular weight excluding hydrogens is 386 g/mol. The van der Waals surface area contributed by atoms with Crippen molar-refractivity contribution < 1.29 is 4.79 Å². The molecule has 26 heavy (non-hydrogen) atoms. The van der Waals surface area contributed by atoms with Crippen molar-refractivity contribution in [1.29, 1.82) is 0 Å². The summed E-state index contributed by atoms with van der Waals surface area (Å²) in [5, 5.41) is 3.65. The number of thioether (sulfide) groups is 1. The summed E-state index contributed by atoms with van der Waals surface area (Å²) in [6.45, 7) is 0. The van der Waals surface area contributed by atoms with Crippen molar-refractivity contribution >= 4 is 56.6 Å². The first-order valence-corrected chi connectivity index (χ1v) is 10.1. The molecule has 2 aromatic carbocycles. The zero-order chi connectivity index (χ0) is 17.9. The molecule has 1 aliphatic rings. The van der Waals surface area contributed by atoms with Crippen LogP contribution in [0.25, 0.3) is 0 Å². The van der Waals surface area contributed by atoms with Gasteiger partial charge in [0.2, 0.25) is 11.0 Å². The van der Waals surface area contributed by atoms with Gasteiger partial charge in [0.05, 0.1) is 10.9 Å². The van der Waals surface area contributed by atoms with Crippen molar-refractivity contribution in [1.82, 2.24) is 4.98 Å². The monoisotopic (exact) mass is 399 g/mol. The van der Waals surface area contributed by atoms with Gasteiger partial charge in [0.25, 0.3) is 0 Å². The zero-order valence-electron chi connectivity index (χ0n) is 13.6. The van der Waals surface area contributed by atoms with Gasteiger partial charge in [0.1, 0.15) is 0 Å². The summed E-state index contributed by atoms with van der Waals surface area (Å²) >= 11 is 8.89. The molecule has 1 saturated heterocycles. The number of rotatable bonds is 4. The lowest BCUT2D eigenvalue weighted by molar-refractivity contribution is -0.116. The van der Waals surface area contributed by atoms with Gasteiger partial charge in [0.15, 0.2) is 5.17 Å². The van der Waals surface area contributed by atoms with Crippen molar-refractivity contribution in [2.75, 3.05) is 4.90 Å². The van der Waals surface area contributed by atoms with Crippen LogP contribution in [0.3, 0.4) is 0 Å². The summed E-state index contributed by atoms with van der Waals surface area (Å²) < 4.78 is 0. The number of thiazole rings is 1. The molecule has 0 N–H and O–H groups in total. The van der Waals surface area contributed by atoms with E-state index in [0.717, 1.165) is 11.3 Å². The fourth-order valence-corrected chi connectivity index (χ4v) is 4.54. The second kappa shape index (κ2) is 7.61. The Labute approximate surface area is 164 Å². The Morgan fingerprint density at radius 3 is 2.58 bits per heavy atom. The maximum atomic E-state index is 13.1. The van der Waals surface area contributed by atoms with Crippen LogP contribution in [0.1, 0.15) is 5.56 Å². The molecule has 4 nitrogen and oxygen atoms in total. The van der Waals surface area contributed by atoms with Crippen LogP contribution in [0.15, 0.2) is 71.2 Å². The highest BCUT2D eigenvalue weighted by molar-refractivity contribution is 8.16. The number of nitrogens with zero attached hydrogens (tertiary/aromatic N) is 3. The van der Waals surface area contributed by atoms with E-state index in [1.165, 1.54) is 23.1 Å². The first kappa shape index (κ1) is 17.3. The highest BCUT2D eigenvalue weighted by Gasteiger charge is 2.39. The molecular formula is C19H14ClN3OS2. The van der Waals surface area contributed by atoms with E-state index in [1.807, 2.05) is 60.0 Å².